The fourth-order valence-corrected chi connectivity index (χ4v) is 4.54. The molecule has 0 aromatic heterocycles. The molecule has 0 saturated carbocycles. The van der Waals surface area contributed by atoms with Gasteiger partial charge in [-0.05, 0) is 78.3 Å². The Kier molecular flexibility index (Phi) is 8.15. The van der Waals surface area contributed by atoms with Crippen molar-refractivity contribution < 1.29 is 43.2 Å². The highest BCUT2D eigenvalue weighted by Crippen LogP contribution is 2.54. The predicted molar refractivity (Wildman–Crippen MR) is 140 cm³/mol. The fraction of sp³-hybridized carbons (Fsp3) is 0.467. The van der Waals surface area contributed by atoms with Gasteiger partial charge in [0.05, 0.1) is 22.9 Å². The van der Waals surface area contributed by atoms with Gasteiger partial charge in [0.25, 0.3) is 0 Å². The summed E-state index contributed by atoms with van der Waals surface area (Å²) >= 11 is 0. The number of esters is 4. The average molecular weight is 541 g/mol. The summed E-state index contributed by atoms with van der Waals surface area (Å²) in [6, 6.07) is 14.6. The summed E-state index contributed by atoms with van der Waals surface area (Å²) in [4.78, 5) is 53.5. The minimum atomic E-state index is -1.89. The van der Waals surface area contributed by atoms with Crippen molar-refractivity contribution in [2.45, 2.75) is 66.6 Å². The van der Waals surface area contributed by atoms with E-state index in [0.717, 1.165) is 5.56 Å². The lowest BCUT2D eigenvalue weighted by Gasteiger charge is -2.49. The molecule has 39 heavy (non-hydrogen) atoms. The molecule has 9 heteroatoms. The zero-order valence-electron chi connectivity index (χ0n) is 23.4. The van der Waals surface area contributed by atoms with Crippen LogP contribution in [0.3, 0.4) is 0 Å². The van der Waals surface area contributed by atoms with E-state index >= 15 is 0 Å². The van der Waals surface area contributed by atoms with E-state index in [9.17, 15) is 24.3 Å². The van der Waals surface area contributed by atoms with Gasteiger partial charge in [0.15, 0.2) is 0 Å². The molecule has 0 aliphatic carbocycles. The summed E-state index contributed by atoms with van der Waals surface area (Å²) in [5.41, 5.74) is -5.55. The van der Waals surface area contributed by atoms with Gasteiger partial charge in [0, 0.05) is 6.42 Å². The van der Waals surface area contributed by atoms with Crippen molar-refractivity contribution >= 4 is 23.9 Å². The lowest BCUT2D eigenvalue weighted by molar-refractivity contribution is -0.203. The van der Waals surface area contributed by atoms with Crippen LogP contribution >= 0.6 is 0 Å². The van der Waals surface area contributed by atoms with Gasteiger partial charge in [-0.3, -0.25) is 14.4 Å². The van der Waals surface area contributed by atoms with E-state index in [1.54, 1.807) is 13.8 Å². The SMILES string of the molecule is CC(C)(OC(=O)C(C)(C)C(C)(C(=O)OC1CCOC1=O)C(C)(C)C(=O)Oc1ccc(O)cc1)c1ccccc1. The summed E-state index contributed by atoms with van der Waals surface area (Å²) < 4.78 is 22.0. The second-order valence-corrected chi connectivity index (χ2v) is 11.4. The molecule has 0 radical (unpaired) electrons. The quantitative estimate of drug-likeness (QED) is 0.274. The molecule has 2 atom stereocenters. The molecule has 1 heterocycles. The van der Waals surface area contributed by atoms with Gasteiger partial charge in [-0.1, -0.05) is 30.3 Å². The van der Waals surface area contributed by atoms with Crippen LogP contribution in [0, 0.1) is 16.2 Å². The molecule has 0 bridgehead atoms. The summed E-state index contributed by atoms with van der Waals surface area (Å²) in [7, 11) is 0. The van der Waals surface area contributed by atoms with E-state index in [4.69, 9.17) is 18.9 Å². The van der Waals surface area contributed by atoms with E-state index in [-0.39, 0.29) is 24.5 Å². The molecule has 1 fully saturated rings. The van der Waals surface area contributed by atoms with Gasteiger partial charge in [-0.15, -0.1) is 0 Å². The number of aromatic hydroxyl groups is 1. The lowest BCUT2D eigenvalue weighted by Crippen LogP contribution is -2.60. The number of benzene rings is 2. The standard InChI is InChI=1S/C30H36O9/c1-27(2,24(33)37-21-15-13-20(31)14-16-21)30(7,26(35)38-22-17-18-36-23(22)32)28(3,4)25(34)39-29(5,6)19-11-9-8-10-12-19/h8-16,22,31H,17-18H2,1-7H3. The van der Waals surface area contributed by atoms with E-state index in [0.29, 0.717) is 0 Å². The van der Waals surface area contributed by atoms with Crippen molar-refractivity contribution in [3.63, 3.8) is 0 Å². The van der Waals surface area contributed by atoms with Gasteiger partial charge in [-0.25, -0.2) is 4.79 Å². The molecular weight excluding hydrogens is 504 g/mol. The minimum Gasteiger partial charge on any atom is -0.508 e. The number of hydrogen-bond donors (Lipinski definition) is 1. The Morgan fingerprint density at radius 1 is 0.821 bits per heavy atom. The van der Waals surface area contributed by atoms with Crippen LogP contribution in [0.15, 0.2) is 54.6 Å². The third-order valence-corrected chi connectivity index (χ3v) is 7.93. The number of carbonyl (C=O) groups is 4. The van der Waals surface area contributed by atoms with Crippen LogP contribution in [-0.4, -0.2) is 41.7 Å². The molecule has 2 unspecified atom stereocenters. The van der Waals surface area contributed by atoms with Crippen LogP contribution in [0.2, 0.25) is 0 Å². The smallest absolute Gasteiger partial charge is 0.347 e. The van der Waals surface area contributed by atoms with E-state index < -0.39 is 51.8 Å². The van der Waals surface area contributed by atoms with Gasteiger partial charge in [-0.2, -0.15) is 0 Å². The molecule has 0 spiro atoms. The van der Waals surface area contributed by atoms with Crippen LogP contribution in [0.25, 0.3) is 0 Å². The van der Waals surface area contributed by atoms with Crippen molar-refractivity contribution in [2.24, 2.45) is 16.2 Å². The minimum absolute atomic E-state index is 0.0177. The molecule has 3 rings (SSSR count). The molecule has 2 aromatic carbocycles. The van der Waals surface area contributed by atoms with E-state index in [1.807, 2.05) is 30.3 Å². The van der Waals surface area contributed by atoms with Gasteiger partial charge in [0.2, 0.25) is 6.10 Å². The molecule has 1 aliphatic heterocycles. The monoisotopic (exact) mass is 540 g/mol. The molecule has 1 aliphatic rings. The highest BCUT2D eigenvalue weighted by Gasteiger charge is 2.66. The van der Waals surface area contributed by atoms with Crippen LogP contribution < -0.4 is 4.74 Å². The summed E-state index contributed by atoms with van der Waals surface area (Å²) in [6.45, 7) is 10.9. The number of phenols is 1. The number of carbonyl (C=O) groups excluding carboxylic acids is 4. The van der Waals surface area contributed by atoms with Crippen LogP contribution in [0.1, 0.15) is 60.5 Å². The highest BCUT2D eigenvalue weighted by molar-refractivity contribution is 5.95. The maximum absolute atomic E-state index is 13.9. The summed E-state index contributed by atoms with van der Waals surface area (Å²) in [6.07, 6.45) is -1.00. The first-order chi connectivity index (χ1) is 18.0. The summed E-state index contributed by atoms with van der Waals surface area (Å²) in [5, 5.41) is 9.56. The Morgan fingerprint density at radius 2 is 1.38 bits per heavy atom. The summed E-state index contributed by atoms with van der Waals surface area (Å²) in [5.74, 6) is -3.11. The van der Waals surface area contributed by atoms with E-state index in [1.165, 1.54) is 58.9 Å². The Morgan fingerprint density at radius 3 is 1.92 bits per heavy atom. The van der Waals surface area contributed by atoms with E-state index in [2.05, 4.69) is 0 Å². The first-order valence-electron chi connectivity index (χ1n) is 12.7. The Balaban J connectivity index is 2.02. The Hall–Kier alpha value is -3.88. The van der Waals surface area contributed by atoms with Crippen LogP contribution in [0.5, 0.6) is 11.5 Å². The first-order valence-corrected chi connectivity index (χ1v) is 12.7. The number of hydrogen-bond acceptors (Lipinski definition) is 9. The number of phenolic OH excluding ortho intramolecular Hbond substituents is 1. The third kappa shape index (κ3) is 5.62. The maximum Gasteiger partial charge on any atom is 0.347 e. The fourth-order valence-electron chi connectivity index (χ4n) is 4.54. The molecule has 9 nitrogen and oxygen atoms in total. The van der Waals surface area contributed by atoms with Crippen molar-refractivity contribution in [3.05, 3.63) is 60.2 Å². The molecule has 0 amide bonds. The zero-order chi connectivity index (χ0) is 29.2. The zero-order valence-corrected chi connectivity index (χ0v) is 23.4. The van der Waals surface area contributed by atoms with Gasteiger partial charge < -0.3 is 24.1 Å². The Labute approximate surface area is 228 Å². The number of rotatable bonds is 9. The first kappa shape index (κ1) is 29.7. The number of cyclic esters (lactones) is 1. The second-order valence-electron chi connectivity index (χ2n) is 11.4. The molecule has 210 valence electrons. The topological polar surface area (TPSA) is 125 Å². The third-order valence-electron chi connectivity index (χ3n) is 7.93. The largest absolute Gasteiger partial charge is 0.508 e. The second kappa shape index (κ2) is 10.7. The Bertz CT molecular complexity index is 1230. The normalized spacial score (nSPS) is 17.5. The van der Waals surface area contributed by atoms with Gasteiger partial charge >= 0.3 is 23.9 Å². The van der Waals surface area contributed by atoms with Crippen molar-refractivity contribution in [1.82, 2.24) is 0 Å². The number of ether oxygens (including phenoxy) is 4. The molecule has 1 N–H and O–H groups in total. The van der Waals surface area contributed by atoms with Crippen molar-refractivity contribution in [2.75, 3.05) is 6.61 Å². The molecule has 1 saturated heterocycles. The van der Waals surface area contributed by atoms with Crippen LogP contribution in [0.4, 0.5) is 0 Å². The average Bonchev–Trinajstić information content (AvgIpc) is 3.28. The maximum atomic E-state index is 13.9. The van der Waals surface area contributed by atoms with Gasteiger partial charge in [0.1, 0.15) is 17.1 Å². The molecular formula is C30H36O9. The highest BCUT2D eigenvalue weighted by atomic mass is 16.6. The van der Waals surface area contributed by atoms with Crippen molar-refractivity contribution in [1.29, 1.82) is 0 Å². The van der Waals surface area contributed by atoms with Crippen molar-refractivity contribution in [3.8, 4) is 11.5 Å². The van der Waals surface area contributed by atoms with Crippen LogP contribution in [-0.2, 0) is 39.0 Å². The molecule has 2 aromatic rings. The predicted octanol–water partition coefficient (Wildman–Crippen LogP) is 4.69. The lowest BCUT2D eigenvalue weighted by atomic mass is 9.53.